The third-order valence-corrected chi connectivity index (χ3v) is 3.10. The monoisotopic (exact) mass is 194 g/mol. The minimum atomic E-state index is -0.704. The Labute approximate surface area is 82.9 Å². The topological polar surface area (TPSA) is 49.7 Å². The highest BCUT2D eigenvalue weighted by Gasteiger charge is 2.46. The molecule has 0 radical (unpaired) electrons. The summed E-state index contributed by atoms with van der Waals surface area (Å²) in [5.74, 6) is 0. The normalized spacial score (nSPS) is 28.9. The Hall–Kier alpha value is -0.900. The number of aliphatic hydroxyl groups excluding tert-OH is 1. The molecule has 2 N–H and O–H groups in total. The minimum absolute atomic E-state index is 0.371. The van der Waals surface area contributed by atoms with Crippen molar-refractivity contribution in [2.24, 2.45) is 0 Å². The second kappa shape index (κ2) is 3.05. The van der Waals surface area contributed by atoms with Crippen molar-refractivity contribution in [1.29, 1.82) is 0 Å². The maximum atomic E-state index is 9.95. The predicted molar refractivity (Wildman–Crippen MR) is 51.9 cm³/mol. The Kier molecular flexibility index (Phi) is 2.10. The highest BCUT2D eigenvalue weighted by atomic mass is 17.1. The lowest BCUT2D eigenvalue weighted by Crippen LogP contribution is -2.31. The standard InChI is InChI=1S/C11H14O3/c1-11(2)8-6-4-3-5-7(8)9(14-13)10(11)12/h3-6,9-10,12-13H,1-2H3/t9-,10-/m0/s1. The SMILES string of the molecule is CC1(C)c2ccccc2[C@H](OO)[C@@H]1O. The van der Waals surface area contributed by atoms with Crippen molar-refractivity contribution in [3.05, 3.63) is 35.4 Å². The average molecular weight is 194 g/mol. The quantitative estimate of drug-likeness (QED) is 0.530. The lowest BCUT2D eigenvalue weighted by atomic mass is 9.84. The number of hydrogen-bond donors (Lipinski definition) is 2. The van der Waals surface area contributed by atoms with Gasteiger partial charge in [-0.2, -0.15) is 0 Å². The van der Waals surface area contributed by atoms with Gasteiger partial charge in [0.1, 0.15) is 6.10 Å². The van der Waals surface area contributed by atoms with Gasteiger partial charge in [0.2, 0.25) is 0 Å². The van der Waals surface area contributed by atoms with Crippen LogP contribution in [0.25, 0.3) is 0 Å². The van der Waals surface area contributed by atoms with Crippen LogP contribution in [0.15, 0.2) is 24.3 Å². The molecule has 0 aliphatic heterocycles. The number of rotatable bonds is 1. The van der Waals surface area contributed by atoms with E-state index in [1.807, 2.05) is 38.1 Å². The summed E-state index contributed by atoms with van der Waals surface area (Å²) >= 11 is 0. The van der Waals surface area contributed by atoms with Gasteiger partial charge in [0, 0.05) is 5.41 Å². The summed E-state index contributed by atoms with van der Waals surface area (Å²) in [6.07, 6.45) is -1.33. The molecule has 0 amide bonds. The Morgan fingerprint density at radius 1 is 1.29 bits per heavy atom. The van der Waals surface area contributed by atoms with Crippen LogP contribution in [0.1, 0.15) is 31.1 Å². The van der Waals surface area contributed by atoms with Gasteiger partial charge in [0.15, 0.2) is 0 Å². The van der Waals surface area contributed by atoms with E-state index in [0.717, 1.165) is 11.1 Å². The van der Waals surface area contributed by atoms with Gasteiger partial charge in [-0.1, -0.05) is 38.1 Å². The fourth-order valence-corrected chi connectivity index (χ4v) is 2.15. The lowest BCUT2D eigenvalue weighted by molar-refractivity contribution is -0.301. The van der Waals surface area contributed by atoms with E-state index >= 15 is 0 Å². The second-order valence-electron chi connectivity index (χ2n) is 4.28. The molecule has 2 rings (SSSR count). The largest absolute Gasteiger partial charge is 0.389 e. The maximum absolute atomic E-state index is 9.95. The van der Waals surface area contributed by atoms with E-state index in [4.69, 9.17) is 5.26 Å². The number of fused-ring (bicyclic) bond motifs is 1. The number of benzene rings is 1. The van der Waals surface area contributed by atoms with Gasteiger partial charge in [-0.05, 0) is 11.1 Å². The van der Waals surface area contributed by atoms with Gasteiger partial charge in [0.05, 0.1) is 6.10 Å². The third kappa shape index (κ3) is 1.10. The zero-order valence-corrected chi connectivity index (χ0v) is 8.27. The van der Waals surface area contributed by atoms with Gasteiger partial charge in [-0.15, -0.1) is 0 Å². The summed E-state index contributed by atoms with van der Waals surface area (Å²) in [5, 5.41) is 18.7. The highest BCUT2D eigenvalue weighted by Crippen LogP contribution is 2.45. The summed E-state index contributed by atoms with van der Waals surface area (Å²) in [7, 11) is 0. The van der Waals surface area contributed by atoms with Crippen molar-refractivity contribution in [1.82, 2.24) is 0 Å². The first-order chi connectivity index (χ1) is 6.59. The molecule has 1 aliphatic carbocycles. The highest BCUT2D eigenvalue weighted by molar-refractivity contribution is 5.42. The molecule has 0 spiro atoms. The molecule has 2 atom stereocenters. The van der Waals surface area contributed by atoms with Crippen molar-refractivity contribution in [3.63, 3.8) is 0 Å². The van der Waals surface area contributed by atoms with Gasteiger partial charge in [-0.25, -0.2) is 4.89 Å². The Morgan fingerprint density at radius 3 is 2.57 bits per heavy atom. The molecule has 14 heavy (non-hydrogen) atoms. The molecule has 0 saturated carbocycles. The van der Waals surface area contributed by atoms with Crippen molar-refractivity contribution < 1.29 is 15.3 Å². The average Bonchev–Trinajstić information content (AvgIpc) is 2.37. The molecule has 0 heterocycles. The van der Waals surface area contributed by atoms with E-state index in [1.165, 1.54) is 0 Å². The fraction of sp³-hybridized carbons (Fsp3) is 0.455. The van der Waals surface area contributed by atoms with E-state index in [0.29, 0.717) is 0 Å². The van der Waals surface area contributed by atoms with Crippen LogP contribution in [0.4, 0.5) is 0 Å². The van der Waals surface area contributed by atoms with Crippen LogP contribution in [0, 0.1) is 0 Å². The van der Waals surface area contributed by atoms with Crippen LogP contribution in [-0.2, 0) is 10.3 Å². The predicted octanol–water partition coefficient (Wildman–Crippen LogP) is 1.87. The first-order valence-corrected chi connectivity index (χ1v) is 4.66. The molecule has 3 heteroatoms. The lowest BCUT2D eigenvalue weighted by Gasteiger charge is -2.25. The molecule has 0 saturated heterocycles. The van der Waals surface area contributed by atoms with Crippen molar-refractivity contribution in [3.8, 4) is 0 Å². The molecule has 0 aromatic heterocycles. The summed E-state index contributed by atoms with van der Waals surface area (Å²) in [5.41, 5.74) is 1.53. The van der Waals surface area contributed by atoms with Crippen molar-refractivity contribution in [2.45, 2.75) is 31.5 Å². The molecule has 0 bridgehead atoms. The molecular weight excluding hydrogens is 180 g/mol. The summed E-state index contributed by atoms with van der Waals surface area (Å²) in [6, 6.07) is 7.62. The smallest absolute Gasteiger partial charge is 0.145 e. The Balaban J connectivity index is 2.57. The fourth-order valence-electron chi connectivity index (χ4n) is 2.15. The van der Waals surface area contributed by atoms with E-state index < -0.39 is 12.2 Å². The number of aliphatic hydroxyl groups is 1. The zero-order chi connectivity index (χ0) is 10.3. The van der Waals surface area contributed by atoms with Crippen LogP contribution in [0.2, 0.25) is 0 Å². The van der Waals surface area contributed by atoms with E-state index in [-0.39, 0.29) is 5.41 Å². The maximum Gasteiger partial charge on any atom is 0.145 e. The van der Waals surface area contributed by atoms with Crippen LogP contribution in [-0.4, -0.2) is 16.5 Å². The van der Waals surface area contributed by atoms with E-state index in [2.05, 4.69) is 4.89 Å². The van der Waals surface area contributed by atoms with Crippen LogP contribution in [0.3, 0.4) is 0 Å². The van der Waals surface area contributed by atoms with Crippen LogP contribution in [0.5, 0.6) is 0 Å². The van der Waals surface area contributed by atoms with E-state index in [1.54, 1.807) is 0 Å². The van der Waals surface area contributed by atoms with Crippen LogP contribution >= 0.6 is 0 Å². The van der Waals surface area contributed by atoms with Gasteiger partial charge >= 0.3 is 0 Å². The molecule has 0 fully saturated rings. The molecule has 76 valence electrons. The van der Waals surface area contributed by atoms with Gasteiger partial charge < -0.3 is 5.11 Å². The second-order valence-corrected chi connectivity index (χ2v) is 4.28. The van der Waals surface area contributed by atoms with Crippen LogP contribution < -0.4 is 0 Å². The summed E-state index contributed by atoms with van der Waals surface area (Å²) in [6.45, 7) is 3.88. The molecule has 1 aromatic carbocycles. The third-order valence-electron chi connectivity index (χ3n) is 3.10. The van der Waals surface area contributed by atoms with Crippen molar-refractivity contribution in [2.75, 3.05) is 0 Å². The van der Waals surface area contributed by atoms with Gasteiger partial charge in [-0.3, -0.25) is 5.26 Å². The Morgan fingerprint density at radius 2 is 1.93 bits per heavy atom. The van der Waals surface area contributed by atoms with Crippen molar-refractivity contribution >= 4 is 0 Å². The van der Waals surface area contributed by atoms with E-state index in [9.17, 15) is 5.11 Å². The first kappa shape index (κ1) is 9.65. The molecule has 1 aliphatic rings. The molecular formula is C11H14O3. The number of hydrogen-bond acceptors (Lipinski definition) is 3. The summed E-state index contributed by atoms with van der Waals surface area (Å²) < 4.78 is 0. The molecule has 3 nitrogen and oxygen atoms in total. The molecule has 0 unspecified atom stereocenters. The zero-order valence-electron chi connectivity index (χ0n) is 8.27. The van der Waals surface area contributed by atoms with Gasteiger partial charge in [0.25, 0.3) is 0 Å². The minimum Gasteiger partial charge on any atom is -0.389 e. The Bertz CT molecular complexity index is 346. The molecule has 1 aromatic rings. The first-order valence-electron chi connectivity index (χ1n) is 4.66. The summed E-state index contributed by atoms with van der Waals surface area (Å²) in [4.78, 5) is 4.34.